The van der Waals surface area contributed by atoms with Gasteiger partial charge in [0.1, 0.15) is 22.0 Å². The maximum absolute atomic E-state index is 12.5. The number of nitro benzene ring substituents is 2. The van der Waals surface area contributed by atoms with Gasteiger partial charge >= 0.3 is 0 Å². The highest BCUT2D eigenvalue weighted by molar-refractivity contribution is 7.87. The lowest BCUT2D eigenvalue weighted by Crippen LogP contribution is -2.31. The third-order valence-corrected chi connectivity index (χ3v) is 7.48. The number of aliphatic hydroxyl groups excluding tert-OH is 1. The van der Waals surface area contributed by atoms with Crippen LogP contribution in [0, 0.1) is 20.2 Å². The fraction of sp³-hybridized carbons (Fsp3) is 0.455. The number of non-ortho nitro benzene ring substituents is 2. The first-order valence-electron chi connectivity index (χ1n) is 11.5. The molecule has 2 aromatic rings. The lowest BCUT2D eigenvalue weighted by atomic mass is 10.3. The van der Waals surface area contributed by atoms with Gasteiger partial charge < -0.3 is 14.6 Å². The first-order chi connectivity index (χ1) is 18.4. The number of benzene rings is 2. The summed E-state index contributed by atoms with van der Waals surface area (Å²) in [5, 5.41) is 31.8. The molecule has 1 N–H and O–H groups in total. The van der Waals surface area contributed by atoms with Crippen LogP contribution >= 0.6 is 0 Å². The van der Waals surface area contributed by atoms with Crippen molar-refractivity contribution in [3.8, 4) is 0 Å². The highest BCUT2D eigenvalue weighted by Crippen LogP contribution is 2.20. The molecule has 15 nitrogen and oxygen atoms in total. The topological polar surface area (TPSA) is 212 Å². The van der Waals surface area contributed by atoms with Crippen molar-refractivity contribution in [2.45, 2.75) is 41.8 Å². The van der Waals surface area contributed by atoms with Crippen molar-refractivity contribution in [2.24, 2.45) is 0 Å². The number of hydrogen-bond donors (Lipinski definition) is 1. The second-order valence-electron chi connectivity index (χ2n) is 8.02. The molecule has 0 aliphatic carbocycles. The molecular formula is C22H28N2O13S2. The second-order valence-corrected chi connectivity index (χ2v) is 11.3. The molecule has 2 aromatic carbocycles. The molecule has 17 heteroatoms. The van der Waals surface area contributed by atoms with E-state index in [0.717, 1.165) is 42.8 Å². The monoisotopic (exact) mass is 592 g/mol. The normalized spacial score (nSPS) is 13.6. The third kappa shape index (κ3) is 10.6. The van der Waals surface area contributed by atoms with Crippen LogP contribution in [0.25, 0.3) is 0 Å². The van der Waals surface area contributed by atoms with E-state index in [1.165, 1.54) is 12.1 Å². The minimum Gasteiger partial charge on any atom is -0.388 e. The maximum Gasteiger partial charge on any atom is 0.297 e. The Balaban J connectivity index is 1.91. The van der Waals surface area contributed by atoms with E-state index in [0.29, 0.717) is 6.42 Å². The van der Waals surface area contributed by atoms with Crippen LogP contribution < -0.4 is 0 Å². The van der Waals surface area contributed by atoms with Gasteiger partial charge in [-0.15, -0.1) is 0 Å². The van der Waals surface area contributed by atoms with E-state index in [1.54, 1.807) is 0 Å². The Hall–Kier alpha value is -3.06. The molecule has 0 saturated carbocycles. The van der Waals surface area contributed by atoms with Crippen LogP contribution in [0.2, 0.25) is 0 Å². The summed E-state index contributed by atoms with van der Waals surface area (Å²) >= 11 is 0. The van der Waals surface area contributed by atoms with E-state index < -0.39 is 83.3 Å². The van der Waals surface area contributed by atoms with E-state index in [9.17, 15) is 42.2 Å². The zero-order valence-corrected chi connectivity index (χ0v) is 22.4. The zero-order valence-electron chi connectivity index (χ0n) is 20.8. The van der Waals surface area contributed by atoms with Crippen molar-refractivity contribution in [1.29, 1.82) is 0 Å². The van der Waals surface area contributed by atoms with Crippen molar-refractivity contribution in [3.05, 3.63) is 68.8 Å². The van der Waals surface area contributed by atoms with E-state index in [4.69, 9.17) is 17.8 Å². The van der Waals surface area contributed by atoms with E-state index in [1.807, 2.05) is 6.92 Å². The molecule has 0 heterocycles. The van der Waals surface area contributed by atoms with Gasteiger partial charge in [-0.1, -0.05) is 25.5 Å². The number of aliphatic hydroxyl groups is 1. The fourth-order valence-corrected chi connectivity index (χ4v) is 4.86. The zero-order chi connectivity index (χ0) is 29.1. The Bertz CT molecular complexity index is 1330. The Morgan fingerprint density at radius 2 is 1.33 bits per heavy atom. The van der Waals surface area contributed by atoms with Gasteiger partial charge in [0, 0.05) is 30.9 Å². The number of unbranched alkanes of at least 4 members (excludes halogenated alkanes) is 1. The molecule has 216 valence electrons. The van der Waals surface area contributed by atoms with Crippen LogP contribution in [-0.4, -0.2) is 77.0 Å². The maximum atomic E-state index is 12.5. The first kappa shape index (κ1) is 32.2. The number of nitrogens with zero attached hydrogens (tertiary/aromatic N) is 2. The molecule has 0 aliphatic rings. The molecule has 0 aliphatic heterocycles. The van der Waals surface area contributed by atoms with Crippen molar-refractivity contribution >= 4 is 31.6 Å². The molecule has 0 fully saturated rings. The molecular weight excluding hydrogens is 564 g/mol. The van der Waals surface area contributed by atoms with Gasteiger partial charge in [0.05, 0.1) is 36.3 Å². The van der Waals surface area contributed by atoms with Crippen LogP contribution in [0.1, 0.15) is 19.8 Å². The molecule has 0 radical (unpaired) electrons. The average molecular weight is 593 g/mol. The number of ether oxygens (including phenoxy) is 2. The lowest BCUT2D eigenvalue weighted by Gasteiger charge is -2.19. The summed E-state index contributed by atoms with van der Waals surface area (Å²) in [4.78, 5) is 19.4. The Morgan fingerprint density at radius 3 is 1.82 bits per heavy atom. The predicted molar refractivity (Wildman–Crippen MR) is 134 cm³/mol. The summed E-state index contributed by atoms with van der Waals surface area (Å²) in [6.07, 6.45) is -0.897. The summed E-state index contributed by atoms with van der Waals surface area (Å²) in [6.45, 7) is 0.277. The van der Waals surface area contributed by atoms with Crippen LogP contribution in [-0.2, 0) is 38.1 Å². The van der Waals surface area contributed by atoms with Crippen LogP contribution in [0.3, 0.4) is 0 Å². The van der Waals surface area contributed by atoms with Crippen molar-refractivity contribution in [1.82, 2.24) is 0 Å². The minimum absolute atomic E-state index is 0.247. The Labute approximate surface area is 224 Å². The number of nitro groups is 2. The van der Waals surface area contributed by atoms with Crippen LogP contribution in [0.5, 0.6) is 0 Å². The van der Waals surface area contributed by atoms with E-state index in [2.05, 4.69) is 0 Å². The lowest BCUT2D eigenvalue weighted by molar-refractivity contribution is -0.385. The summed E-state index contributed by atoms with van der Waals surface area (Å²) in [7, 11) is -8.76. The van der Waals surface area contributed by atoms with E-state index >= 15 is 0 Å². The van der Waals surface area contributed by atoms with Crippen molar-refractivity contribution in [2.75, 3.05) is 33.0 Å². The minimum atomic E-state index is -4.40. The van der Waals surface area contributed by atoms with Gasteiger partial charge in [0.2, 0.25) is 0 Å². The Kier molecular flexibility index (Phi) is 12.3. The molecule has 0 amide bonds. The van der Waals surface area contributed by atoms with Gasteiger partial charge in [-0.05, 0) is 18.6 Å². The summed E-state index contributed by atoms with van der Waals surface area (Å²) < 4.78 is 70.2. The summed E-state index contributed by atoms with van der Waals surface area (Å²) in [6, 6.07) is 8.54. The largest absolute Gasteiger partial charge is 0.388 e. The summed E-state index contributed by atoms with van der Waals surface area (Å²) in [5.74, 6) is 0. The molecule has 0 saturated heterocycles. The Morgan fingerprint density at radius 1 is 0.821 bits per heavy atom. The van der Waals surface area contributed by atoms with Gasteiger partial charge in [-0.2, -0.15) is 16.8 Å². The van der Waals surface area contributed by atoms with Gasteiger partial charge in [-0.25, -0.2) is 0 Å². The quantitative estimate of drug-likeness (QED) is 0.114. The SMILES string of the molecule is CCCCOC(COCC(O)COS(=O)(=O)c1cccc([N+](=O)[O-])c1)COS(=O)(=O)c1cccc([N+](=O)[O-])c1. The van der Waals surface area contributed by atoms with Gasteiger partial charge in [0.15, 0.2) is 0 Å². The molecule has 2 rings (SSSR count). The van der Waals surface area contributed by atoms with Crippen LogP contribution in [0.4, 0.5) is 11.4 Å². The van der Waals surface area contributed by atoms with Gasteiger partial charge in [0.25, 0.3) is 31.6 Å². The van der Waals surface area contributed by atoms with Crippen molar-refractivity contribution in [3.63, 3.8) is 0 Å². The first-order valence-corrected chi connectivity index (χ1v) is 14.3. The highest BCUT2D eigenvalue weighted by Gasteiger charge is 2.23. The summed E-state index contributed by atoms with van der Waals surface area (Å²) in [5.41, 5.74) is -0.880. The van der Waals surface area contributed by atoms with Gasteiger partial charge in [-0.3, -0.25) is 28.6 Å². The second kappa shape index (κ2) is 14.9. The molecule has 0 bridgehead atoms. The number of hydrogen-bond acceptors (Lipinski definition) is 13. The van der Waals surface area contributed by atoms with Crippen molar-refractivity contribution < 1.29 is 49.6 Å². The standard InChI is InChI=1S/C22H28N2O13S2/c1-2-3-10-35-20(16-37-39(32,33)22-9-5-7-18(12-22)24(28)29)15-34-13-19(25)14-36-38(30,31)21-8-4-6-17(11-21)23(26)27/h4-9,11-12,19-20,25H,2-3,10,13-16H2,1H3. The van der Waals surface area contributed by atoms with Crippen LogP contribution in [0.15, 0.2) is 58.3 Å². The smallest absolute Gasteiger partial charge is 0.297 e. The predicted octanol–water partition coefficient (Wildman–Crippen LogP) is 2.18. The number of rotatable bonds is 18. The molecule has 0 spiro atoms. The average Bonchev–Trinajstić information content (AvgIpc) is 2.90. The molecule has 2 unspecified atom stereocenters. The fourth-order valence-electron chi connectivity index (χ4n) is 2.90. The molecule has 2 atom stereocenters. The van der Waals surface area contributed by atoms with E-state index in [-0.39, 0.29) is 13.2 Å². The third-order valence-electron chi connectivity index (χ3n) is 4.92. The highest BCUT2D eigenvalue weighted by atomic mass is 32.2. The molecule has 39 heavy (non-hydrogen) atoms. The molecule has 0 aromatic heterocycles.